The van der Waals surface area contributed by atoms with Crippen molar-refractivity contribution in [3.05, 3.63) is 35.6 Å². The number of nitrogens with one attached hydrogen (secondary N) is 2. The molecule has 1 fully saturated rings. The van der Waals surface area contributed by atoms with Gasteiger partial charge < -0.3 is 10.6 Å². The summed E-state index contributed by atoms with van der Waals surface area (Å²) in [6.45, 7) is 7.76. The quantitative estimate of drug-likeness (QED) is 0.890. The number of carbonyl (C=O) groups excluding carboxylic acids is 1. The zero-order valence-electron chi connectivity index (χ0n) is 12.4. The minimum Gasteiger partial charge on any atom is -0.352 e. The highest BCUT2D eigenvalue weighted by molar-refractivity contribution is 5.87. The third-order valence-electron chi connectivity index (χ3n) is 4.24. The second-order valence-corrected chi connectivity index (χ2v) is 6.18. The largest absolute Gasteiger partial charge is 0.352 e. The maximum absolute atomic E-state index is 13.0. The molecule has 0 spiro atoms. The van der Waals surface area contributed by atoms with Crippen LogP contribution in [0.25, 0.3) is 0 Å². The van der Waals surface area contributed by atoms with Crippen LogP contribution in [0.1, 0.15) is 32.8 Å². The van der Waals surface area contributed by atoms with Gasteiger partial charge in [-0.3, -0.25) is 4.79 Å². The molecule has 0 bridgehead atoms. The van der Waals surface area contributed by atoms with Crippen molar-refractivity contribution in [2.24, 2.45) is 5.92 Å². The lowest BCUT2D eigenvalue weighted by atomic mass is 9.82. The fourth-order valence-electron chi connectivity index (χ4n) is 2.57. The summed E-state index contributed by atoms with van der Waals surface area (Å²) >= 11 is 0. The van der Waals surface area contributed by atoms with E-state index < -0.39 is 5.41 Å². The summed E-state index contributed by atoms with van der Waals surface area (Å²) in [5, 5.41) is 6.47. The average Bonchev–Trinajstić information content (AvgIpc) is 2.41. The van der Waals surface area contributed by atoms with Crippen molar-refractivity contribution in [1.82, 2.24) is 10.6 Å². The second kappa shape index (κ2) is 5.92. The van der Waals surface area contributed by atoms with Crippen molar-refractivity contribution in [3.8, 4) is 0 Å². The zero-order valence-corrected chi connectivity index (χ0v) is 12.4. The molecular weight excluding hydrogens is 255 g/mol. The Morgan fingerprint density at radius 3 is 2.60 bits per heavy atom. The van der Waals surface area contributed by atoms with Crippen molar-refractivity contribution in [3.63, 3.8) is 0 Å². The van der Waals surface area contributed by atoms with Gasteiger partial charge in [-0.15, -0.1) is 0 Å². The summed E-state index contributed by atoms with van der Waals surface area (Å²) in [6.07, 6.45) is 0.951. The second-order valence-electron chi connectivity index (χ2n) is 6.18. The third-order valence-corrected chi connectivity index (χ3v) is 4.24. The molecule has 1 saturated heterocycles. The Bertz CT molecular complexity index is 470. The summed E-state index contributed by atoms with van der Waals surface area (Å²) in [4.78, 5) is 12.5. The monoisotopic (exact) mass is 278 g/mol. The summed E-state index contributed by atoms with van der Waals surface area (Å²) in [5.41, 5.74) is 0.177. The van der Waals surface area contributed by atoms with Crippen molar-refractivity contribution < 1.29 is 9.18 Å². The van der Waals surface area contributed by atoms with E-state index in [1.807, 2.05) is 13.8 Å². The maximum atomic E-state index is 13.0. The van der Waals surface area contributed by atoms with Gasteiger partial charge in [0.1, 0.15) is 5.82 Å². The lowest BCUT2D eigenvalue weighted by molar-refractivity contribution is -0.126. The van der Waals surface area contributed by atoms with Crippen LogP contribution in [-0.2, 0) is 10.2 Å². The van der Waals surface area contributed by atoms with Gasteiger partial charge in [0.05, 0.1) is 5.41 Å². The van der Waals surface area contributed by atoms with Crippen LogP contribution in [0.2, 0.25) is 0 Å². The number of piperidine rings is 1. The van der Waals surface area contributed by atoms with Crippen molar-refractivity contribution in [2.45, 2.75) is 38.6 Å². The molecule has 110 valence electrons. The van der Waals surface area contributed by atoms with E-state index in [-0.39, 0.29) is 17.8 Å². The van der Waals surface area contributed by atoms with Gasteiger partial charge in [-0.2, -0.15) is 0 Å². The topological polar surface area (TPSA) is 41.1 Å². The van der Waals surface area contributed by atoms with Crippen molar-refractivity contribution in [2.75, 3.05) is 13.1 Å². The number of carbonyl (C=O) groups is 1. The van der Waals surface area contributed by atoms with Crippen LogP contribution >= 0.6 is 0 Å². The molecule has 0 radical (unpaired) electrons. The summed E-state index contributed by atoms with van der Waals surface area (Å²) in [6, 6.07) is 6.37. The van der Waals surface area contributed by atoms with E-state index in [9.17, 15) is 9.18 Å². The molecular formula is C16H23FN2O. The standard InChI is InChI=1S/C16H23FN2O/c1-11-10-18-9-8-14(11)19-15(20)16(2,3)12-4-6-13(17)7-5-12/h4-7,11,14,18H,8-10H2,1-3H3,(H,19,20). The van der Waals surface area contributed by atoms with Crippen LogP contribution < -0.4 is 10.6 Å². The minimum absolute atomic E-state index is 0.00265. The molecule has 0 aromatic heterocycles. The predicted molar refractivity (Wildman–Crippen MR) is 78.0 cm³/mol. The number of halogens is 1. The Balaban J connectivity index is 2.08. The minimum atomic E-state index is -0.654. The van der Waals surface area contributed by atoms with Crippen LogP contribution in [0.15, 0.2) is 24.3 Å². The third kappa shape index (κ3) is 3.18. The molecule has 2 rings (SSSR count). The molecule has 2 unspecified atom stereocenters. The highest BCUT2D eigenvalue weighted by atomic mass is 19.1. The SMILES string of the molecule is CC1CNCCC1NC(=O)C(C)(C)c1ccc(F)cc1. The first-order valence-electron chi connectivity index (χ1n) is 7.19. The van der Waals surface area contributed by atoms with E-state index in [4.69, 9.17) is 0 Å². The molecule has 20 heavy (non-hydrogen) atoms. The molecule has 3 nitrogen and oxygen atoms in total. The fourth-order valence-corrected chi connectivity index (χ4v) is 2.57. The zero-order chi connectivity index (χ0) is 14.8. The van der Waals surface area contributed by atoms with Gasteiger partial charge in [-0.1, -0.05) is 19.1 Å². The number of benzene rings is 1. The number of hydrogen-bond acceptors (Lipinski definition) is 2. The Morgan fingerprint density at radius 1 is 1.35 bits per heavy atom. The maximum Gasteiger partial charge on any atom is 0.230 e. The van der Waals surface area contributed by atoms with Gasteiger partial charge in [0, 0.05) is 6.04 Å². The van der Waals surface area contributed by atoms with Gasteiger partial charge in [0.2, 0.25) is 5.91 Å². The highest BCUT2D eigenvalue weighted by Crippen LogP contribution is 2.24. The smallest absolute Gasteiger partial charge is 0.230 e. The Kier molecular flexibility index (Phi) is 4.43. The van der Waals surface area contributed by atoms with Gasteiger partial charge in [-0.25, -0.2) is 4.39 Å². The van der Waals surface area contributed by atoms with E-state index in [0.717, 1.165) is 25.1 Å². The molecule has 1 aromatic rings. The summed E-state index contributed by atoms with van der Waals surface area (Å²) in [7, 11) is 0. The Labute approximate surface area is 120 Å². The molecule has 1 amide bonds. The summed E-state index contributed by atoms with van der Waals surface area (Å²) < 4.78 is 13.0. The normalized spacial score (nSPS) is 23.4. The fraction of sp³-hybridized carbons (Fsp3) is 0.562. The molecule has 2 N–H and O–H groups in total. The lowest BCUT2D eigenvalue weighted by Crippen LogP contribution is -2.52. The van der Waals surface area contributed by atoms with Gasteiger partial charge >= 0.3 is 0 Å². The molecule has 1 heterocycles. The molecule has 0 saturated carbocycles. The van der Waals surface area contributed by atoms with E-state index >= 15 is 0 Å². The molecule has 2 atom stereocenters. The van der Waals surface area contributed by atoms with Gasteiger partial charge in [0.25, 0.3) is 0 Å². The molecule has 4 heteroatoms. The van der Waals surface area contributed by atoms with E-state index in [1.165, 1.54) is 12.1 Å². The van der Waals surface area contributed by atoms with Crippen LogP contribution in [0.5, 0.6) is 0 Å². The lowest BCUT2D eigenvalue weighted by Gasteiger charge is -2.33. The average molecular weight is 278 g/mol. The van der Waals surface area contributed by atoms with E-state index in [1.54, 1.807) is 12.1 Å². The van der Waals surface area contributed by atoms with Crippen molar-refractivity contribution in [1.29, 1.82) is 0 Å². The first-order chi connectivity index (χ1) is 9.41. The Hall–Kier alpha value is -1.42. The summed E-state index contributed by atoms with van der Waals surface area (Å²) in [5.74, 6) is 0.150. The van der Waals surface area contributed by atoms with Gasteiger partial charge in [0.15, 0.2) is 0 Å². The number of hydrogen-bond donors (Lipinski definition) is 2. The van der Waals surface area contributed by atoms with Crippen LogP contribution in [-0.4, -0.2) is 25.0 Å². The molecule has 1 aromatic carbocycles. The number of rotatable bonds is 3. The molecule has 0 aliphatic carbocycles. The molecule has 1 aliphatic heterocycles. The highest BCUT2D eigenvalue weighted by Gasteiger charge is 2.33. The first-order valence-corrected chi connectivity index (χ1v) is 7.19. The van der Waals surface area contributed by atoms with E-state index in [2.05, 4.69) is 17.6 Å². The van der Waals surface area contributed by atoms with Crippen LogP contribution in [0.3, 0.4) is 0 Å². The molecule has 1 aliphatic rings. The van der Waals surface area contributed by atoms with Crippen LogP contribution in [0, 0.1) is 11.7 Å². The van der Waals surface area contributed by atoms with Gasteiger partial charge in [-0.05, 0) is 57.0 Å². The van der Waals surface area contributed by atoms with E-state index in [0.29, 0.717) is 5.92 Å². The Morgan fingerprint density at radius 2 is 2.00 bits per heavy atom. The van der Waals surface area contributed by atoms with Crippen molar-refractivity contribution >= 4 is 5.91 Å². The van der Waals surface area contributed by atoms with Crippen LogP contribution in [0.4, 0.5) is 4.39 Å². The number of amides is 1. The first kappa shape index (κ1) is 15.0. The predicted octanol–water partition coefficient (Wildman–Crippen LogP) is 2.22.